The molecule has 0 aromatic heterocycles. The van der Waals surface area contributed by atoms with Gasteiger partial charge in [-0.15, -0.1) is 0 Å². The average Bonchev–Trinajstić information content (AvgIpc) is 2.78. The molecule has 0 aliphatic rings. The highest BCUT2D eigenvalue weighted by atomic mass is 16.5. The standard InChI is InChI=1S/C26H48O6/c1-5-7-9-11-15-23(17-13-21-29-3)31-25(27)19-20-26(28)32-24(18-14-22-30-4)16-12-10-8-6-2/h19-20,23-24H,5-18,21-22H2,1-4H3/b20-19+. The lowest BCUT2D eigenvalue weighted by Crippen LogP contribution is -2.19. The summed E-state index contributed by atoms with van der Waals surface area (Å²) in [6.45, 7) is 5.64. The molecule has 0 aromatic rings. The molecule has 0 aromatic carbocycles. The average molecular weight is 457 g/mol. The molecule has 0 spiro atoms. The van der Waals surface area contributed by atoms with Gasteiger partial charge in [-0.05, 0) is 51.4 Å². The van der Waals surface area contributed by atoms with E-state index in [1.165, 1.54) is 37.8 Å². The molecule has 2 atom stereocenters. The van der Waals surface area contributed by atoms with Crippen LogP contribution >= 0.6 is 0 Å². The Morgan fingerprint density at radius 2 is 0.969 bits per heavy atom. The highest BCUT2D eigenvalue weighted by molar-refractivity contribution is 5.91. The monoisotopic (exact) mass is 456 g/mol. The van der Waals surface area contributed by atoms with E-state index in [1.54, 1.807) is 14.2 Å². The summed E-state index contributed by atoms with van der Waals surface area (Å²) in [7, 11) is 3.34. The van der Waals surface area contributed by atoms with Gasteiger partial charge in [0.1, 0.15) is 12.2 Å². The molecular weight excluding hydrogens is 408 g/mol. The van der Waals surface area contributed by atoms with E-state index in [0.717, 1.165) is 64.2 Å². The minimum absolute atomic E-state index is 0.143. The Hall–Kier alpha value is -1.40. The van der Waals surface area contributed by atoms with Crippen LogP contribution in [0.5, 0.6) is 0 Å². The molecule has 0 amide bonds. The van der Waals surface area contributed by atoms with Crippen LogP contribution in [0.4, 0.5) is 0 Å². The largest absolute Gasteiger partial charge is 0.459 e. The summed E-state index contributed by atoms with van der Waals surface area (Å²) in [5, 5.41) is 0. The second-order valence-corrected chi connectivity index (χ2v) is 8.42. The van der Waals surface area contributed by atoms with Crippen molar-refractivity contribution in [3.63, 3.8) is 0 Å². The number of carbonyl (C=O) groups excluding carboxylic acids is 2. The first-order valence-electron chi connectivity index (χ1n) is 12.6. The van der Waals surface area contributed by atoms with Gasteiger partial charge in [0.25, 0.3) is 0 Å². The fourth-order valence-corrected chi connectivity index (χ4v) is 3.58. The quantitative estimate of drug-likeness (QED) is 0.110. The summed E-state index contributed by atoms with van der Waals surface area (Å²) in [4.78, 5) is 24.5. The molecular formula is C26H48O6. The zero-order valence-corrected chi connectivity index (χ0v) is 21.1. The third-order valence-electron chi connectivity index (χ3n) is 5.43. The highest BCUT2D eigenvalue weighted by Gasteiger charge is 2.15. The lowest BCUT2D eigenvalue weighted by atomic mass is 10.1. The Kier molecular flexibility index (Phi) is 21.8. The van der Waals surface area contributed by atoms with Crippen LogP contribution in [0.2, 0.25) is 0 Å². The Balaban J connectivity index is 4.57. The van der Waals surface area contributed by atoms with Crippen molar-refractivity contribution in [3.05, 3.63) is 12.2 Å². The van der Waals surface area contributed by atoms with Gasteiger partial charge in [-0.1, -0.05) is 52.4 Å². The Morgan fingerprint density at radius 3 is 1.31 bits per heavy atom. The van der Waals surface area contributed by atoms with Crippen molar-refractivity contribution in [1.82, 2.24) is 0 Å². The van der Waals surface area contributed by atoms with Gasteiger partial charge in [-0.3, -0.25) is 0 Å². The summed E-state index contributed by atoms with van der Waals surface area (Å²) < 4.78 is 21.4. The van der Waals surface area contributed by atoms with E-state index in [-0.39, 0.29) is 12.2 Å². The van der Waals surface area contributed by atoms with Crippen molar-refractivity contribution >= 4 is 11.9 Å². The fourth-order valence-electron chi connectivity index (χ4n) is 3.58. The SMILES string of the molecule is CCCCCCC(CCCOC)OC(=O)/C=C/C(=O)OC(CCCCCC)CCCOC. The number of unbranched alkanes of at least 4 members (excludes halogenated alkanes) is 6. The lowest BCUT2D eigenvalue weighted by Gasteiger charge is -2.17. The first-order valence-corrected chi connectivity index (χ1v) is 12.6. The molecule has 188 valence electrons. The zero-order valence-electron chi connectivity index (χ0n) is 21.1. The maximum atomic E-state index is 12.3. The first-order chi connectivity index (χ1) is 15.6. The number of hydrogen-bond donors (Lipinski definition) is 0. The van der Waals surface area contributed by atoms with Gasteiger partial charge >= 0.3 is 11.9 Å². The number of rotatable bonds is 22. The zero-order chi connectivity index (χ0) is 23.9. The Morgan fingerprint density at radius 1 is 0.594 bits per heavy atom. The van der Waals surface area contributed by atoms with Crippen LogP contribution in [0.1, 0.15) is 104 Å². The van der Waals surface area contributed by atoms with Gasteiger partial charge in [-0.2, -0.15) is 0 Å². The van der Waals surface area contributed by atoms with E-state index >= 15 is 0 Å². The van der Waals surface area contributed by atoms with Crippen LogP contribution in [0.3, 0.4) is 0 Å². The third-order valence-corrected chi connectivity index (χ3v) is 5.43. The van der Waals surface area contributed by atoms with Gasteiger partial charge in [0.05, 0.1) is 0 Å². The number of esters is 2. The van der Waals surface area contributed by atoms with Crippen LogP contribution in [0, 0.1) is 0 Å². The third kappa shape index (κ3) is 19.3. The Labute approximate surface area is 196 Å². The highest BCUT2D eigenvalue weighted by Crippen LogP contribution is 2.15. The van der Waals surface area contributed by atoms with Gasteiger partial charge in [-0.25, -0.2) is 9.59 Å². The van der Waals surface area contributed by atoms with Crippen LogP contribution in [0.25, 0.3) is 0 Å². The molecule has 0 saturated carbocycles. The van der Waals surface area contributed by atoms with Crippen LogP contribution in [0.15, 0.2) is 12.2 Å². The number of carbonyl (C=O) groups is 2. The number of hydrogen-bond acceptors (Lipinski definition) is 6. The van der Waals surface area contributed by atoms with E-state index in [1.807, 2.05) is 0 Å². The predicted molar refractivity (Wildman–Crippen MR) is 129 cm³/mol. The number of methoxy groups -OCH3 is 2. The molecule has 0 aliphatic heterocycles. The summed E-state index contributed by atoms with van der Waals surface area (Å²) >= 11 is 0. The first kappa shape index (κ1) is 30.6. The van der Waals surface area contributed by atoms with Crippen molar-refractivity contribution < 1.29 is 28.5 Å². The molecule has 2 unspecified atom stereocenters. The van der Waals surface area contributed by atoms with E-state index in [9.17, 15) is 9.59 Å². The molecule has 0 heterocycles. The molecule has 0 aliphatic carbocycles. The van der Waals surface area contributed by atoms with Crippen molar-refractivity contribution in [2.24, 2.45) is 0 Å². The summed E-state index contributed by atoms with van der Waals surface area (Å²) in [5.74, 6) is -0.975. The second kappa shape index (κ2) is 22.8. The molecule has 6 nitrogen and oxygen atoms in total. The number of ether oxygens (including phenoxy) is 4. The van der Waals surface area contributed by atoms with E-state index in [0.29, 0.717) is 13.2 Å². The molecule has 0 N–H and O–H groups in total. The van der Waals surface area contributed by atoms with E-state index < -0.39 is 11.9 Å². The minimum Gasteiger partial charge on any atom is -0.459 e. The van der Waals surface area contributed by atoms with Crippen LogP contribution < -0.4 is 0 Å². The molecule has 6 heteroatoms. The van der Waals surface area contributed by atoms with Crippen molar-refractivity contribution in [3.8, 4) is 0 Å². The second-order valence-electron chi connectivity index (χ2n) is 8.42. The maximum absolute atomic E-state index is 12.3. The maximum Gasteiger partial charge on any atom is 0.331 e. The predicted octanol–water partition coefficient (Wildman–Crippen LogP) is 6.16. The molecule has 0 rings (SSSR count). The summed E-state index contributed by atoms with van der Waals surface area (Å²) in [6.07, 6.45) is 16.1. The normalized spacial score (nSPS) is 13.2. The topological polar surface area (TPSA) is 71.1 Å². The van der Waals surface area contributed by atoms with Gasteiger partial charge in [0, 0.05) is 39.6 Å². The summed E-state index contributed by atoms with van der Waals surface area (Å²) in [6, 6.07) is 0. The van der Waals surface area contributed by atoms with Crippen molar-refractivity contribution in [2.75, 3.05) is 27.4 Å². The van der Waals surface area contributed by atoms with Gasteiger partial charge in [0.15, 0.2) is 0 Å². The minimum atomic E-state index is -0.487. The molecule has 0 saturated heterocycles. The van der Waals surface area contributed by atoms with Gasteiger partial charge in [0.2, 0.25) is 0 Å². The molecule has 0 bridgehead atoms. The van der Waals surface area contributed by atoms with E-state index in [2.05, 4.69) is 13.8 Å². The van der Waals surface area contributed by atoms with Gasteiger partial charge < -0.3 is 18.9 Å². The lowest BCUT2D eigenvalue weighted by molar-refractivity contribution is -0.146. The van der Waals surface area contributed by atoms with Crippen molar-refractivity contribution in [2.45, 2.75) is 116 Å². The molecule has 32 heavy (non-hydrogen) atoms. The Bertz CT molecular complexity index is 435. The van der Waals surface area contributed by atoms with Crippen LogP contribution in [-0.2, 0) is 28.5 Å². The molecule has 0 radical (unpaired) electrons. The summed E-state index contributed by atoms with van der Waals surface area (Å²) in [5.41, 5.74) is 0. The van der Waals surface area contributed by atoms with Crippen molar-refractivity contribution in [1.29, 1.82) is 0 Å². The smallest absolute Gasteiger partial charge is 0.331 e. The van der Waals surface area contributed by atoms with E-state index in [4.69, 9.17) is 18.9 Å². The fraction of sp³-hybridized carbons (Fsp3) is 0.846. The van der Waals surface area contributed by atoms with Crippen LogP contribution in [-0.4, -0.2) is 51.6 Å². The molecule has 0 fully saturated rings.